The van der Waals surface area contributed by atoms with Crippen LogP contribution in [0, 0.1) is 0 Å². The van der Waals surface area contributed by atoms with Gasteiger partial charge in [0.05, 0.1) is 18.2 Å². The molecule has 0 saturated heterocycles. The average molecular weight is 302 g/mol. The number of hydrogen-bond acceptors (Lipinski definition) is 4. The number of aliphatic hydroxyl groups is 1. The van der Waals surface area contributed by atoms with Crippen LogP contribution in [0.3, 0.4) is 0 Å². The summed E-state index contributed by atoms with van der Waals surface area (Å²) in [7, 11) is 0. The minimum atomic E-state index is -0.431. The monoisotopic (exact) mass is 302 g/mol. The van der Waals surface area contributed by atoms with E-state index in [0.717, 1.165) is 5.56 Å². The molecule has 0 radical (unpaired) electrons. The SMILES string of the molecule is CC(O)CC(CNC(=O)c1coc(CN)c1)c1ccccc1. The minimum absolute atomic E-state index is 0.0611. The van der Waals surface area contributed by atoms with E-state index in [2.05, 4.69) is 5.32 Å². The molecule has 118 valence electrons. The van der Waals surface area contributed by atoms with Crippen molar-refractivity contribution in [2.24, 2.45) is 5.73 Å². The van der Waals surface area contributed by atoms with Crippen LogP contribution in [-0.2, 0) is 6.54 Å². The summed E-state index contributed by atoms with van der Waals surface area (Å²) in [4.78, 5) is 12.1. The van der Waals surface area contributed by atoms with Crippen LogP contribution in [0.15, 0.2) is 47.1 Å². The Morgan fingerprint density at radius 2 is 2.09 bits per heavy atom. The van der Waals surface area contributed by atoms with Crippen molar-refractivity contribution in [3.63, 3.8) is 0 Å². The van der Waals surface area contributed by atoms with Gasteiger partial charge >= 0.3 is 0 Å². The molecule has 1 heterocycles. The molecule has 0 fully saturated rings. The van der Waals surface area contributed by atoms with E-state index in [1.54, 1.807) is 13.0 Å². The quantitative estimate of drug-likeness (QED) is 0.730. The lowest BCUT2D eigenvalue weighted by atomic mass is 9.93. The van der Waals surface area contributed by atoms with E-state index in [-0.39, 0.29) is 18.4 Å². The molecule has 22 heavy (non-hydrogen) atoms. The number of rotatable bonds is 7. The van der Waals surface area contributed by atoms with Gasteiger partial charge in [-0.15, -0.1) is 0 Å². The summed E-state index contributed by atoms with van der Waals surface area (Å²) in [6.45, 7) is 2.47. The van der Waals surface area contributed by atoms with Crippen LogP contribution in [0.2, 0.25) is 0 Å². The molecular weight excluding hydrogens is 280 g/mol. The van der Waals surface area contributed by atoms with E-state index < -0.39 is 6.10 Å². The van der Waals surface area contributed by atoms with Gasteiger partial charge < -0.3 is 20.6 Å². The first kappa shape index (κ1) is 16.3. The number of nitrogens with one attached hydrogen (secondary N) is 1. The summed E-state index contributed by atoms with van der Waals surface area (Å²) in [6.07, 6.45) is 1.56. The van der Waals surface area contributed by atoms with Gasteiger partial charge in [0.15, 0.2) is 0 Å². The van der Waals surface area contributed by atoms with E-state index in [9.17, 15) is 9.90 Å². The van der Waals surface area contributed by atoms with Crippen molar-refractivity contribution in [3.8, 4) is 0 Å². The second-order valence-electron chi connectivity index (χ2n) is 5.41. The van der Waals surface area contributed by atoms with Crippen molar-refractivity contribution < 1.29 is 14.3 Å². The third kappa shape index (κ3) is 4.44. The maximum Gasteiger partial charge on any atom is 0.254 e. The molecule has 0 spiro atoms. The highest BCUT2D eigenvalue weighted by atomic mass is 16.3. The van der Waals surface area contributed by atoms with Gasteiger partial charge in [0, 0.05) is 12.5 Å². The molecule has 1 amide bonds. The van der Waals surface area contributed by atoms with Gasteiger partial charge in [-0.05, 0) is 25.0 Å². The Kier molecular flexibility index (Phi) is 5.75. The lowest BCUT2D eigenvalue weighted by Crippen LogP contribution is -2.29. The van der Waals surface area contributed by atoms with Crippen LogP contribution in [0.25, 0.3) is 0 Å². The molecular formula is C17H22N2O3. The molecule has 0 aliphatic carbocycles. The van der Waals surface area contributed by atoms with Crippen molar-refractivity contribution in [3.05, 3.63) is 59.5 Å². The number of carbonyl (C=O) groups is 1. The third-order valence-corrected chi connectivity index (χ3v) is 3.52. The molecule has 5 heteroatoms. The van der Waals surface area contributed by atoms with E-state index in [1.165, 1.54) is 6.26 Å². The summed E-state index contributed by atoms with van der Waals surface area (Å²) >= 11 is 0. The Morgan fingerprint density at radius 1 is 1.36 bits per heavy atom. The van der Waals surface area contributed by atoms with E-state index in [0.29, 0.717) is 24.3 Å². The first-order valence-electron chi connectivity index (χ1n) is 7.38. The lowest BCUT2D eigenvalue weighted by Gasteiger charge is -2.19. The summed E-state index contributed by atoms with van der Waals surface area (Å²) in [5, 5.41) is 12.5. The predicted molar refractivity (Wildman–Crippen MR) is 84.4 cm³/mol. The summed E-state index contributed by atoms with van der Waals surface area (Å²) in [5.74, 6) is 0.440. The lowest BCUT2D eigenvalue weighted by molar-refractivity contribution is 0.0945. The van der Waals surface area contributed by atoms with Crippen molar-refractivity contribution in [2.75, 3.05) is 6.54 Å². The molecule has 4 N–H and O–H groups in total. The minimum Gasteiger partial charge on any atom is -0.467 e. The Labute approximate surface area is 130 Å². The number of nitrogens with two attached hydrogens (primary N) is 1. The maximum absolute atomic E-state index is 12.1. The van der Waals surface area contributed by atoms with Crippen molar-refractivity contribution in [1.29, 1.82) is 0 Å². The first-order chi connectivity index (χ1) is 10.6. The molecule has 0 bridgehead atoms. The van der Waals surface area contributed by atoms with Crippen molar-refractivity contribution >= 4 is 5.91 Å². The second kappa shape index (κ2) is 7.77. The zero-order chi connectivity index (χ0) is 15.9. The number of aliphatic hydroxyl groups excluding tert-OH is 1. The largest absolute Gasteiger partial charge is 0.467 e. The Morgan fingerprint density at radius 3 is 2.68 bits per heavy atom. The number of carbonyl (C=O) groups excluding carboxylic acids is 1. The van der Waals surface area contributed by atoms with Crippen LogP contribution in [-0.4, -0.2) is 23.7 Å². The average Bonchev–Trinajstić information content (AvgIpc) is 3.01. The standard InChI is InChI=1S/C17H22N2O3/c1-12(20)7-14(13-5-3-2-4-6-13)10-19-17(21)15-8-16(9-18)22-11-15/h2-6,8,11-12,14,20H,7,9-10,18H2,1H3,(H,19,21). The molecule has 2 atom stereocenters. The Hall–Kier alpha value is -2.11. The Bertz CT molecular complexity index is 593. The van der Waals surface area contributed by atoms with E-state index >= 15 is 0 Å². The first-order valence-corrected chi connectivity index (χ1v) is 7.38. The van der Waals surface area contributed by atoms with Crippen LogP contribution >= 0.6 is 0 Å². The van der Waals surface area contributed by atoms with Gasteiger partial charge in [-0.2, -0.15) is 0 Å². The topological polar surface area (TPSA) is 88.5 Å². The Balaban J connectivity index is 2.00. The fourth-order valence-corrected chi connectivity index (χ4v) is 2.40. The van der Waals surface area contributed by atoms with Crippen LogP contribution < -0.4 is 11.1 Å². The summed E-state index contributed by atoms with van der Waals surface area (Å²) in [6, 6.07) is 11.5. The molecule has 1 aromatic heterocycles. The molecule has 2 aromatic rings. The van der Waals surface area contributed by atoms with Crippen LogP contribution in [0.4, 0.5) is 0 Å². The van der Waals surface area contributed by atoms with Gasteiger partial charge in [0.2, 0.25) is 0 Å². The van der Waals surface area contributed by atoms with Gasteiger partial charge in [-0.25, -0.2) is 0 Å². The fraction of sp³-hybridized carbons (Fsp3) is 0.353. The summed E-state index contributed by atoms with van der Waals surface area (Å²) < 4.78 is 5.17. The highest BCUT2D eigenvalue weighted by Crippen LogP contribution is 2.20. The highest BCUT2D eigenvalue weighted by molar-refractivity contribution is 5.94. The second-order valence-corrected chi connectivity index (χ2v) is 5.41. The molecule has 1 aromatic carbocycles. The maximum atomic E-state index is 12.1. The van der Waals surface area contributed by atoms with Crippen molar-refractivity contribution in [2.45, 2.75) is 31.9 Å². The number of hydrogen-bond donors (Lipinski definition) is 3. The smallest absolute Gasteiger partial charge is 0.254 e. The molecule has 5 nitrogen and oxygen atoms in total. The van der Waals surface area contributed by atoms with E-state index in [1.807, 2.05) is 30.3 Å². The number of amides is 1. The predicted octanol–water partition coefficient (Wildman–Crippen LogP) is 2.02. The third-order valence-electron chi connectivity index (χ3n) is 3.52. The molecule has 0 aliphatic heterocycles. The summed E-state index contributed by atoms with van der Waals surface area (Å²) in [5.41, 5.74) is 7.02. The van der Waals surface area contributed by atoms with Crippen LogP contribution in [0.1, 0.15) is 40.9 Å². The van der Waals surface area contributed by atoms with E-state index in [4.69, 9.17) is 10.2 Å². The molecule has 0 aliphatic rings. The molecule has 2 rings (SSSR count). The normalized spacial score (nSPS) is 13.6. The van der Waals surface area contributed by atoms with Crippen LogP contribution in [0.5, 0.6) is 0 Å². The van der Waals surface area contributed by atoms with Gasteiger partial charge in [-0.3, -0.25) is 4.79 Å². The highest BCUT2D eigenvalue weighted by Gasteiger charge is 2.16. The molecule has 2 unspecified atom stereocenters. The number of benzene rings is 1. The zero-order valence-electron chi connectivity index (χ0n) is 12.7. The van der Waals surface area contributed by atoms with Gasteiger partial charge in [0.25, 0.3) is 5.91 Å². The molecule has 0 saturated carbocycles. The van der Waals surface area contributed by atoms with Gasteiger partial charge in [-0.1, -0.05) is 30.3 Å². The van der Waals surface area contributed by atoms with Crippen molar-refractivity contribution in [1.82, 2.24) is 5.32 Å². The number of furan rings is 1. The zero-order valence-corrected chi connectivity index (χ0v) is 12.7. The van der Waals surface area contributed by atoms with Gasteiger partial charge in [0.1, 0.15) is 12.0 Å². The fourth-order valence-electron chi connectivity index (χ4n) is 2.40.